The zero-order valence-corrected chi connectivity index (χ0v) is 16.5. The molecule has 3 rings (SSSR count). The lowest BCUT2D eigenvalue weighted by Gasteiger charge is -2.30. The monoisotopic (exact) mass is 386 g/mol. The summed E-state index contributed by atoms with van der Waals surface area (Å²) >= 11 is 1.83. The van der Waals surface area contributed by atoms with Crippen molar-refractivity contribution in [3.05, 3.63) is 59.5 Å². The standard InChI is InChI=1S/C21H26N2O3S/c1-16-4-6-17(7-5-16)15-27-14-10-22-20(24)18-8-11-23(12-9-18)21(25)19-3-2-13-26-19/h2-7,13,18H,8-12,14-15H2,1H3,(H,22,24). The van der Waals surface area contributed by atoms with Crippen LogP contribution in [0.3, 0.4) is 0 Å². The van der Waals surface area contributed by atoms with Gasteiger partial charge in [-0.25, -0.2) is 0 Å². The molecule has 5 nitrogen and oxygen atoms in total. The van der Waals surface area contributed by atoms with E-state index in [9.17, 15) is 9.59 Å². The van der Waals surface area contributed by atoms with Crippen molar-refractivity contribution in [1.29, 1.82) is 0 Å². The molecule has 0 spiro atoms. The van der Waals surface area contributed by atoms with Gasteiger partial charge in [0, 0.05) is 37.1 Å². The number of furan rings is 1. The Bertz CT molecular complexity index is 735. The molecule has 2 heterocycles. The highest BCUT2D eigenvalue weighted by Crippen LogP contribution is 2.19. The first-order chi connectivity index (χ1) is 13.1. The number of amides is 2. The quantitative estimate of drug-likeness (QED) is 0.740. The first-order valence-corrected chi connectivity index (χ1v) is 10.5. The van der Waals surface area contributed by atoms with Crippen molar-refractivity contribution in [2.24, 2.45) is 5.92 Å². The lowest BCUT2D eigenvalue weighted by atomic mass is 9.96. The summed E-state index contributed by atoms with van der Waals surface area (Å²) in [5.74, 6) is 2.23. The number of thioether (sulfide) groups is 1. The minimum Gasteiger partial charge on any atom is -0.459 e. The molecule has 1 N–H and O–H groups in total. The summed E-state index contributed by atoms with van der Waals surface area (Å²) in [6.45, 7) is 3.96. The average molecular weight is 387 g/mol. The topological polar surface area (TPSA) is 62.6 Å². The molecule has 144 valence electrons. The van der Waals surface area contributed by atoms with Crippen LogP contribution in [-0.4, -0.2) is 42.1 Å². The van der Waals surface area contributed by atoms with Gasteiger partial charge in [0.15, 0.2) is 5.76 Å². The second-order valence-corrected chi connectivity index (χ2v) is 7.98. The summed E-state index contributed by atoms with van der Waals surface area (Å²) in [5.41, 5.74) is 2.58. The molecular formula is C21H26N2O3S. The van der Waals surface area contributed by atoms with Gasteiger partial charge in [-0.15, -0.1) is 0 Å². The van der Waals surface area contributed by atoms with Gasteiger partial charge < -0.3 is 14.6 Å². The first-order valence-electron chi connectivity index (χ1n) is 9.37. The minimum absolute atomic E-state index is 0.00671. The predicted molar refractivity (Wildman–Crippen MR) is 108 cm³/mol. The molecular weight excluding hydrogens is 360 g/mol. The molecule has 2 amide bonds. The summed E-state index contributed by atoms with van der Waals surface area (Å²) in [5, 5.41) is 3.04. The fourth-order valence-corrected chi connectivity index (χ4v) is 3.98. The molecule has 27 heavy (non-hydrogen) atoms. The molecule has 1 fully saturated rings. The van der Waals surface area contributed by atoms with E-state index in [-0.39, 0.29) is 17.7 Å². The highest BCUT2D eigenvalue weighted by molar-refractivity contribution is 7.98. The van der Waals surface area contributed by atoms with Crippen LogP contribution < -0.4 is 5.32 Å². The smallest absolute Gasteiger partial charge is 0.289 e. The lowest BCUT2D eigenvalue weighted by Crippen LogP contribution is -2.43. The Morgan fingerprint density at radius 1 is 1.19 bits per heavy atom. The van der Waals surface area contributed by atoms with Crippen LogP contribution in [0, 0.1) is 12.8 Å². The molecule has 6 heteroatoms. The molecule has 1 aliphatic heterocycles. The van der Waals surface area contributed by atoms with Crippen molar-refractivity contribution >= 4 is 23.6 Å². The van der Waals surface area contributed by atoms with E-state index in [0.717, 1.165) is 11.5 Å². The van der Waals surface area contributed by atoms with E-state index in [4.69, 9.17) is 4.42 Å². The molecule has 2 aromatic rings. The van der Waals surface area contributed by atoms with E-state index < -0.39 is 0 Å². The number of nitrogens with zero attached hydrogens (tertiary/aromatic N) is 1. The van der Waals surface area contributed by atoms with Crippen molar-refractivity contribution in [3.63, 3.8) is 0 Å². The second-order valence-electron chi connectivity index (χ2n) is 6.87. The number of carbonyl (C=O) groups excluding carboxylic acids is 2. The van der Waals surface area contributed by atoms with Crippen LogP contribution in [0.4, 0.5) is 0 Å². The fourth-order valence-electron chi connectivity index (χ4n) is 3.17. The molecule has 0 atom stereocenters. The summed E-state index contributed by atoms with van der Waals surface area (Å²) < 4.78 is 5.16. The number of likely N-dealkylation sites (tertiary alicyclic amines) is 1. The Morgan fingerprint density at radius 3 is 2.59 bits per heavy atom. The molecule has 1 saturated heterocycles. The number of nitrogens with one attached hydrogen (secondary N) is 1. The van der Waals surface area contributed by atoms with E-state index in [1.807, 2.05) is 11.8 Å². The average Bonchev–Trinajstić information content (AvgIpc) is 3.23. The van der Waals surface area contributed by atoms with Gasteiger partial charge in [-0.3, -0.25) is 9.59 Å². The van der Waals surface area contributed by atoms with Crippen LogP contribution in [0.5, 0.6) is 0 Å². The van der Waals surface area contributed by atoms with Crippen molar-refractivity contribution in [2.75, 3.05) is 25.4 Å². The number of piperidine rings is 1. The van der Waals surface area contributed by atoms with Gasteiger partial charge in [0.05, 0.1) is 6.26 Å². The maximum absolute atomic E-state index is 12.3. The summed E-state index contributed by atoms with van der Waals surface area (Å²) in [4.78, 5) is 26.3. The third kappa shape index (κ3) is 5.63. The van der Waals surface area contributed by atoms with Crippen LogP contribution in [-0.2, 0) is 10.5 Å². The Kier molecular flexibility index (Phi) is 6.98. The predicted octanol–water partition coefficient (Wildman–Crippen LogP) is 3.49. The molecule has 0 saturated carbocycles. The van der Waals surface area contributed by atoms with Gasteiger partial charge >= 0.3 is 0 Å². The van der Waals surface area contributed by atoms with Crippen molar-refractivity contribution < 1.29 is 14.0 Å². The summed E-state index contributed by atoms with van der Waals surface area (Å²) in [7, 11) is 0. The van der Waals surface area contributed by atoms with E-state index in [1.165, 1.54) is 17.4 Å². The fraction of sp³-hybridized carbons (Fsp3) is 0.429. The Hall–Kier alpha value is -2.21. The largest absolute Gasteiger partial charge is 0.459 e. The first kappa shape index (κ1) is 19.5. The van der Waals surface area contributed by atoms with Crippen LogP contribution in [0.1, 0.15) is 34.5 Å². The lowest BCUT2D eigenvalue weighted by molar-refractivity contribution is -0.126. The van der Waals surface area contributed by atoms with Crippen LogP contribution in [0.15, 0.2) is 47.1 Å². The SMILES string of the molecule is Cc1ccc(CSCCNC(=O)C2CCN(C(=O)c3ccco3)CC2)cc1. The molecule has 0 unspecified atom stereocenters. The number of benzene rings is 1. The van der Waals surface area contributed by atoms with Crippen LogP contribution in [0.25, 0.3) is 0 Å². The minimum atomic E-state index is -0.0913. The van der Waals surface area contributed by atoms with Crippen LogP contribution in [0.2, 0.25) is 0 Å². The van der Waals surface area contributed by atoms with Gasteiger partial charge in [-0.2, -0.15) is 11.8 Å². The molecule has 0 radical (unpaired) electrons. The molecule has 1 aromatic heterocycles. The zero-order chi connectivity index (χ0) is 19.1. The van der Waals surface area contributed by atoms with Crippen molar-refractivity contribution in [3.8, 4) is 0 Å². The Morgan fingerprint density at radius 2 is 1.93 bits per heavy atom. The van der Waals surface area contributed by atoms with Crippen molar-refractivity contribution in [1.82, 2.24) is 10.2 Å². The third-order valence-corrected chi connectivity index (χ3v) is 5.85. The van der Waals surface area contributed by atoms with E-state index in [2.05, 4.69) is 36.5 Å². The highest BCUT2D eigenvalue weighted by atomic mass is 32.2. The van der Waals surface area contributed by atoms with E-state index in [0.29, 0.717) is 38.2 Å². The normalized spacial score (nSPS) is 14.9. The molecule has 0 aliphatic carbocycles. The molecule has 1 aromatic carbocycles. The van der Waals surface area contributed by atoms with Crippen molar-refractivity contribution in [2.45, 2.75) is 25.5 Å². The van der Waals surface area contributed by atoms with Gasteiger partial charge in [0.25, 0.3) is 5.91 Å². The number of aryl methyl sites for hydroxylation is 1. The maximum Gasteiger partial charge on any atom is 0.289 e. The Balaban J connectivity index is 1.31. The molecule has 1 aliphatic rings. The van der Waals surface area contributed by atoms with E-state index >= 15 is 0 Å². The zero-order valence-electron chi connectivity index (χ0n) is 15.6. The number of rotatable bonds is 7. The number of hydrogen-bond donors (Lipinski definition) is 1. The van der Waals surface area contributed by atoms with Gasteiger partial charge in [0.2, 0.25) is 5.91 Å². The van der Waals surface area contributed by atoms with Crippen LogP contribution >= 0.6 is 11.8 Å². The second kappa shape index (κ2) is 9.65. The number of carbonyl (C=O) groups is 2. The summed E-state index contributed by atoms with van der Waals surface area (Å²) in [6.07, 6.45) is 2.91. The third-order valence-electron chi connectivity index (χ3n) is 4.82. The Labute approximate surface area is 164 Å². The molecule has 0 bridgehead atoms. The maximum atomic E-state index is 12.3. The number of hydrogen-bond acceptors (Lipinski definition) is 4. The van der Waals surface area contributed by atoms with Gasteiger partial charge in [0.1, 0.15) is 0 Å². The van der Waals surface area contributed by atoms with Gasteiger partial charge in [-0.1, -0.05) is 29.8 Å². The van der Waals surface area contributed by atoms with Gasteiger partial charge in [-0.05, 0) is 37.5 Å². The highest BCUT2D eigenvalue weighted by Gasteiger charge is 2.28. The summed E-state index contributed by atoms with van der Waals surface area (Å²) in [6, 6.07) is 11.9. The van der Waals surface area contributed by atoms with E-state index in [1.54, 1.807) is 17.0 Å².